The second-order valence-electron chi connectivity index (χ2n) is 7.38. The predicted molar refractivity (Wildman–Crippen MR) is 124 cm³/mol. The molecule has 1 aliphatic heterocycles. The highest BCUT2D eigenvalue weighted by molar-refractivity contribution is 5.99. The zero-order valence-electron chi connectivity index (χ0n) is 18.9. The highest BCUT2D eigenvalue weighted by atomic mass is 16.6. The molecule has 1 N–H and O–H groups in total. The van der Waals surface area contributed by atoms with Crippen molar-refractivity contribution in [2.45, 2.75) is 19.8 Å². The molecule has 0 bridgehead atoms. The average molecular weight is 464 g/mol. The van der Waals surface area contributed by atoms with E-state index in [0.29, 0.717) is 22.7 Å². The number of allylic oxidation sites excluding steroid dienone is 4. The Hall–Kier alpha value is -4.40. The van der Waals surface area contributed by atoms with Gasteiger partial charge in [0, 0.05) is 23.5 Å². The zero-order chi connectivity index (χ0) is 24.7. The average Bonchev–Trinajstić information content (AvgIpc) is 3.33. The van der Waals surface area contributed by atoms with Crippen molar-refractivity contribution in [3.63, 3.8) is 0 Å². The van der Waals surface area contributed by atoms with Crippen LogP contribution in [0.2, 0.25) is 0 Å². The Bertz CT molecular complexity index is 1200. The molecule has 0 saturated heterocycles. The number of nitrogens with one attached hydrogen (secondary N) is 1. The minimum absolute atomic E-state index is 0.0178. The molecule has 1 aliphatic rings. The number of hydrogen-bond donors (Lipinski definition) is 1. The number of nitro groups is 1. The normalized spacial score (nSPS) is 16.1. The van der Waals surface area contributed by atoms with Crippen LogP contribution in [0.5, 0.6) is 0 Å². The van der Waals surface area contributed by atoms with E-state index in [-0.39, 0.29) is 23.4 Å². The summed E-state index contributed by atoms with van der Waals surface area (Å²) in [5.74, 6) is -1.52. The number of methoxy groups -OCH3 is 1. The summed E-state index contributed by atoms with van der Waals surface area (Å²) >= 11 is 0. The molecule has 0 radical (unpaired) electrons. The third-order valence-electron chi connectivity index (χ3n) is 5.16. The SMILES string of the molecule is COC(=O)C1=C(C)NC(C)=C(C(=O)OCC=CC=Cc2ccco2)C1c1cccc([N+](=O)[O-])c1. The van der Waals surface area contributed by atoms with E-state index in [4.69, 9.17) is 13.9 Å². The van der Waals surface area contributed by atoms with Gasteiger partial charge in [0.1, 0.15) is 12.4 Å². The first-order valence-electron chi connectivity index (χ1n) is 10.4. The number of furan rings is 1. The first-order chi connectivity index (χ1) is 16.3. The van der Waals surface area contributed by atoms with Gasteiger partial charge in [-0.2, -0.15) is 0 Å². The molecule has 2 heterocycles. The smallest absolute Gasteiger partial charge is 0.337 e. The highest BCUT2D eigenvalue weighted by Gasteiger charge is 2.38. The number of rotatable bonds is 8. The van der Waals surface area contributed by atoms with Crippen LogP contribution < -0.4 is 5.32 Å². The van der Waals surface area contributed by atoms with Crippen molar-refractivity contribution >= 4 is 23.7 Å². The largest absolute Gasteiger partial charge is 0.466 e. The molecule has 9 heteroatoms. The minimum atomic E-state index is -0.899. The molecule has 34 heavy (non-hydrogen) atoms. The van der Waals surface area contributed by atoms with Crippen LogP contribution in [0.1, 0.15) is 31.1 Å². The monoisotopic (exact) mass is 464 g/mol. The minimum Gasteiger partial charge on any atom is -0.466 e. The Kier molecular flexibility index (Phi) is 7.81. The van der Waals surface area contributed by atoms with Crippen molar-refractivity contribution < 1.29 is 28.4 Å². The van der Waals surface area contributed by atoms with Gasteiger partial charge in [0.2, 0.25) is 0 Å². The molecule has 0 amide bonds. The maximum absolute atomic E-state index is 13.1. The maximum atomic E-state index is 13.1. The number of ether oxygens (including phenoxy) is 2. The number of nitro benzene ring substituents is 1. The van der Waals surface area contributed by atoms with Crippen LogP contribution in [-0.4, -0.2) is 30.6 Å². The zero-order valence-corrected chi connectivity index (χ0v) is 18.9. The van der Waals surface area contributed by atoms with Crippen molar-refractivity contribution in [3.8, 4) is 0 Å². The Morgan fingerprint density at radius 3 is 2.50 bits per heavy atom. The van der Waals surface area contributed by atoms with Gasteiger partial charge in [-0.1, -0.05) is 24.3 Å². The lowest BCUT2D eigenvalue weighted by atomic mass is 9.80. The summed E-state index contributed by atoms with van der Waals surface area (Å²) in [5, 5.41) is 14.3. The van der Waals surface area contributed by atoms with Crippen LogP contribution in [0.3, 0.4) is 0 Å². The number of non-ortho nitro benzene ring substituents is 1. The van der Waals surface area contributed by atoms with Crippen molar-refractivity contribution in [1.82, 2.24) is 5.32 Å². The Labute approximate surface area is 196 Å². The third kappa shape index (κ3) is 5.50. The van der Waals surface area contributed by atoms with E-state index in [0.717, 1.165) is 0 Å². The third-order valence-corrected chi connectivity index (χ3v) is 5.16. The Morgan fingerprint density at radius 2 is 1.85 bits per heavy atom. The highest BCUT2D eigenvalue weighted by Crippen LogP contribution is 2.40. The van der Waals surface area contributed by atoms with Crippen LogP contribution in [0.15, 0.2) is 87.8 Å². The van der Waals surface area contributed by atoms with Crippen molar-refractivity contribution in [2.24, 2.45) is 0 Å². The summed E-state index contributed by atoms with van der Waals surface area (Å²) in [6.07, 6.45) is 8.42. The molecule has 2 aromatic rings. The summed E-state index contributed by atoms with van der Waals surface area (Å²) in [4.78, 5) is 36.5. The van der Waals surface area contributed by atoms with E-state index in [1.54, 1.807) is 62.6 Å². The molecular formula is C25H24N2O7. The fourth-order valence-electron chi connectivity index (χ4n) is 3.67. The molecule has 1 atom stereocenters. The molecular weight excluding hydrogens is 440 g/mol. The molecule has 0 fully saturated rings. The number of dihydropyridines is 1. The number of carbonyl (C=O) groups excluding carboxylic acids is 2. The van der Waals surface area contributed by atoms with Gasteiger partial charge in [-0.25, -0.2) is 9.59 Å². The second kappa shape index (κ2) is 11.0. The number of hydrogen-bond acceptors (Lipinski definition) is 8. The van der Waals surface area contributed by atoms with Gasteiger partial charge in [0.15, 0.2) is 0 Å². The second-order valence-corrected chi connectivity index (χ2v) is 7.38. The van der Waals surface area contributed by atoms with Gasteiger partial charge >= 0.3 is 11.9 Å². The molecule has 9 nitrogen and oxygen atoms in total. The molecule has 1 aromatic heterocycles. The molecule has 3 rings (SSSR count). The van der Waals surface area contributed by atoms with Crippen LogP contribution in [-0.2, 0) is 19.1 Å². The summed E-state index contributed by atoms with van der Waals surface area (Å²) in [7, 11) is 1.23. The Morgan fingerprint density at radius 1 is 1.12 bits per heavy atom. The fourth-order valence-corrected chi connectivity index (χ4v) is 3.67. The molecule has 1 aromatic carbocycles. The lowest BCUT2D eigenvalue weighted by molar-refractivity contribution is -0.384. The van der Waals surface area contributed by atoms with Gasteiger partial charge in [0.25, 0.3) is 5.69 Å². The fraction of sp³-hybridized carbons (Fsp3) is 0.200. The Balaban J connectivity index is 1.87. The molecule has 0 saturated carbocycles. The summed E-state index contributed by atoms with van der Waals surface area (Å²) in [6.45, 7) is 3.34. The van der Waals surface area contributed by atoms with Crippen LogP contribution >= 0.6 is 0 Å². The van der Waals surface area contributed by atoms with E-state index >= 15 is 0 Å². The molecule has 176 valence electrons. The van der Waals surface area contributed by atoms with E-state index < -0.39 is 22.8 Å². The van der Waals surface area contributed by atoms with E-state index in [9.17, 15) is 19.7 Å². The lowest BCUT2D eigenvalue weighted by Gasteiger charge is -2.30. The number of benzene rings is 1. The van der Waals surface area contributed by atoms with Gasteiger partial charge in [0.05, 0.1) is 35.4 Å². The molecule has 0 spiro atoms. The van der Waals surface area contributed by atoms with Crippen LogP contribution in [0.25, 0.3) is 6.08 Å². The molecule has 1 unspecified atom stereocenters. The van der Waals surface area contributed by atoms with Crippen LogP contribution in [0, 0.1) is 10.1 Å². The summed E-state index contributed by atoms with van der Waals surface area (Å²) < 4.78 is 15.6. The summed E-state index contributed by atoms with van der Waals surface area (Å²) in [5.41, 5.74) is 1.56. The van der Waals surface area contributed by atoms with Gasteiger partial charge in [-0.15, -0.1) is 0 Å². The number of carbonyl (C=O) groups is 2. The van der Waals surface area contributed by atoms with E-state index in [1.807, 2.05) is 0 Å². The van der Waals surface area contributed by atoms with Crippen molar-refractivity contribution in [3.05, 3.63) is 105 Å². The van der Waals surface area contributed by atoms with E-state index in [1.165, 1.54) is 25.3 Å². The number of esters is 2. The van der Waals surface area contributed by atoms with Gasteiger partial charge in [-0.3, -0.25) is 10.1 Å². The van der Waals surface area contributed by atoms with Crippen molar-refractivity contribution in [2.75, 3.05) is 13.7 Å². The van der Waals surface area contributed by atoms with E-state index in [2.05, 4.69) is 5.32 Å². The number of nitrogens with zero attached hydrogens (tertiary/aromatic N) is 1. The molecule has 0 aliphatic carbocycles. The maximum Gasteiger partial charge on any atom is 0.337 e. The quantitative estimate of drug-likeness (QED) is 0.264. The standard InChI is InChI=1S/C25H24N2O7/c1-16-21(24(28)32-3)23(18-9-7-10-19(15-18)27(30)31)22(17(2)26-16)25(29)34-13-6-4-5-11-20-12-8-14-33-20/h4-12,14-15,23,26H,13H2,1-3H3. The van der Waals surface area contributed by atoms with Crippen LogP contribution in [0.4, 0.5) is 5.69 Å². The lowest BCUT2D eigenvalue weighted by Crippen LogP contribution is -2.32. The van der Waals surface area contributed by atoms with Gasteiger partial charge in [-0.05, 0) is 43.7 Å². The van der Waals surface area contributed by atoms with Crippen molar-refractivity contribution in [1.29, 1.82) is 0 Å². The first kappa shape index (κ1) is 24.2. The topological polar surface area (TPSA) is 121 Å². The first-order valence-corrected chi connectivity index (χ1v) is 10.4. The predicted octanol–water partition coefficient (Wildman–Crippen LogP) is 4.41. The summed E-state index contributed by atoms with van der Waals surface area (Å²) in [6, 6.07) is 9.39. The van der Waals surface area contributed by atoms with Gasteiger partial charge < -0.3 is 19.2 Å².